The van der Waals surface area contributed by atoms with Gasteiger partial charge < -0.3 is 4.98 Å². The Morgan fingerprint density at radius 1 is 1.11 bits per heavy atom. The van der Waals surface area contributed by atoms with E-state index in [1.54, 1.807) is 16.7 Å². The lowest BCUT2D eigenvalue weighted by molar-refractivity contribution is 0.626. The Morgan fingerprint density at radius 2 is 1.89 bits per heavy atom. The molecule has 2 aromatic carbocycles. The van der Waals surface area contributed by atoms with Crippen molar-refractivity contribution in [3.8, 4) is 5.69 Å². The minimum atomic E-state index is -0.377. The van der Waals surface area contributed by atoms with E-state index >= 15 is 0 Å². The first kappa shape index (κ1) is 12.7. The van der Waals surface area contributed by atoms with Gasteiger partial charge in [0.15, 0.2) is 4.77 Å². The van der Waals surface area contributed by atoms with Crippen LogP contribution in [0.3, 0.4) is 0 Å². The molecular formula is C13H7Cl2FN2S. The Labute approximate surface area is 123 Å². The summed E-state index contributed by atoms with van der Waals surface area (Å²) < 4.78 is 15.5. The maximum absolute atomic E-state index is 13.4. The van der Waals surface area contributed by atoms with Crippen LogP contribution in [-0.2, 0) is 0 Å². The molecule has 0 unspecified atom stereocenters. The molecule has 96 valence electrons. The number of aromatic amines is 1. The van der Waals surface area contributed by atoms with Crippen molar-refractivity contribution in [2.75, 3.05) is 0 Å². The molecule has 3 rings (SSSR count). The maximum atomic E-state index is 13.4. The van der Waals surface area contributed by atoms with Crippen LogP contribution in [0.5, 0.6) is 0 Å². The van der Waals surface area contributed by atoms with E-state index in [1.807, 2.05) is 6.07 Å². The van der Waals surface area contributed by atoms with Crippen LogP contribution in [0.15, 0.2) is 36.4 Å². The molecule has 3 aromatic rings. The molecule has 0 amide bonds. The number of nitrogens with zero attached hydrogens (tertiary/aromatic N) is 1. The fourth-order valence-electron chi connectivity index (χ4n) is 1.97. The molecule has 0 saturated heterocycles. The summed E-state index contributed by atoms with van der Waals surface area (Å²) in [5.41, 5.74) is 2.06. The van der Waals surface area contributed by atoms with Gasteiger partial charge in [0, 0.05) is 5.02 Å². The van der Waals surface area contributed by atoms with Crippen LogP contribution in [0.1, 0.15) is 0 Å². The summed E-state index contributed by atoms with van der Waals surface area (Å²) >= 11 is 17.4. The number of halogens is 3. The van der Waals surface area contributed by atoms with Gasteiger partial charge >= 0.3 is 0 Å². The van der Waals surface area contributed by atoms with Crippen molar-refractivity contribution in [3.63, 3.8) is 0 Å². The maximum Gasteiger partial charge on any atom is 0.182 e. The second-order valence-corrected chi connectivity index (χ2v) is 5.25. The van der Waals surface area contributed by atoms with E-state index in [9.17, 15) is 4.39 Å². The summed E-state index contributed by atoms with van der Waals surface area (Å²) in [6.45, 7) is 0. The number of aromatic nitrogens is 2. The molecule has 1 aromatic heterocycles. The number of imidazole rings is 1. The Balaban J connectivity index is 2.42. The van der Waals surface area contributed by atoms with Gasteiger partial charge in [-0.2, -0.15) is 0 Å². The first-order chi connectivity index (χ1) is 9.06. The van der Waals surface area contributed by atoms with Gasteiger partial charge in [0.05, 0.1) is 21.7 Å². The second-order valence-electron chi connectivity index (χ2n) is 4.02. The summed E-state index contributed by atoms with van der Waals surface area (Å²) in [7, 11) is 0. The normalized spacial score (nSPS) is 11.1. The van der Waals surface area contributed by atoms with Gasteiger partial charge in [-0.1, -0.05) is 23.2 Å². The second kappa shape index (κ2) is 4.63. The van der Waals surface area contributed by atoms with E-state index in [0.717, 1.165) is 11.0 Å². The van der Waals surface area contributed by atoms with Crippen LogP contribution in [-0.4, -0.2) is 9.55 Å². The molecule has 0 radical (unpaired) electrons. The third-order valence-electron chi connectivity index (χ3n) is 2.79. The van der Waals surface area contributed by atoms with Crippen LogP contribution >= 0.6 is 35.4 Å². The molecule has 0 fully saturated rings. The first-order valence-corrected chi connectivity index (χ1v) is 6.58. The summed E-state index contributed by atoms with van der Waals surface area (Å²) in [5, 5.41) is 0.987. The Morgan fingerprint density at radius 3 is 2.68 bits per heavy atom. The van der Waals surface area contributed by atoms with Crippen molar-refractivity contribution in [1.82, 2.24) is 9.55 Å². The van der Waals surface area contributed by atoms with Crippen molar-refractivity contribution < 1.29 is 4.39 Å². The average Bonchev–Trinajstić information content (AvgIpc) is 2.68. The van der Waals surface area contributed by atoms with Crippen molar-refractivity contribution in [2.45, 2.75) is 0 Å². The zero-order chi connectivity index (χ0) is 13.6. The third-order valence-corrected chi connectivity index (χ3v) is 3.63. The van der Waals surface area contributed by atoms with Gasteiger partial charge in [-0.25, -0.2) is 4.39 Å². The molecule has 2 nitrogen and oxygen atoms in total. The van der Waals surface area contributed by atoms with Crippen LogP contribution in [0.25, 0.3) is 16.7 Å². The van der Waals surface area contributed by atoms with E-state index in [-0.39, 0.29) is 5.82 Å². The molecule has 1 N–H and O–H groups in total. The molecule has 19 heavy (non-hydrogen) atoms. The molecule has 0 aliphatic carbocycles. The number of hydrogen-bond donors (Lipinski definition) is 1. The highest BCUT2D eigenvalue weighted by Crippen LogP contribution is 2.27. The first-order valence-electron chi connectivity index (χ1n) is 5.42. The lowest BCUT2D eigenvalue weighted by Gasteiger charge is -2.07. The molecule has 0 aliphatic rings. The lowest BCUT2D eigenvalue weighted by atomic mass is 10.2. The Bertz CT molecular complexity index is 838. The van der Waals surface area contributed by atoms with Crippen LogP contribution in [0, 0.1) is 10.6 Å². The molecule has 0 spiro atoms. The molecule has 6 heteroatoms. The Hall–Kier alpha value is -1.36. The summed E-state index contributed by atoms with van der Waals surface area (Å²) in [5.74, 6) is -0.377. The largest absolute Gasteiger partial charge is 0.330 e. The van der Waals surface area contributed by atoms with E-state index in [4.69, 9.17) is 35.4 Å². The quantitative estimate of drug-likeness (QED) is 0.617. The molecule has 1 heterocycles. The highest BCUT2D eigenvalue weighted by atomic mass is 35.5. The average molecular weight is 313 g/mol. The number of H-pyrrole nitrogens is 1. The zero-order valence-electron chi connectivity index (χ0n) is 9.45. The van der Waals surface area contributed by atoms with E-state index in [2.05, 4.69) is 4.98 Å². The highest BCUT2D eigenvalue weighted by molar-refractivity contribution is 7.71. The molecule has 0 saturated carbocycles. The van der Waals surface area contributed by atoms with Crippen LogP contribution in [0.4, 0.5) is 4.39 Å². The van der Waals surface area contributed by atoms with Crippen LogP contribution < -0.4 is 0 Å². The molecule has 0 atom stereocenters. The van der Waals surface area contributed by atoms with Crippen molar-refractivity contribution >= 4 is 46.5 Å². The van der Waals surface area contributed by atoms with Gasteiger partial charge in [0.1, 0.15) is 5.82 Å². The van der Waals surface area contributed by atoms with Crippen molar-refractivity contribution in [1.29, 1.82) is 0 Å². The number of benzene rings is 2. The number of rotatable bonds is 1. The lowest BCUT2D eigenvalue weighted by Crippen LogP contribution is -1.96. The smallest absolute Gasteiger partial charge is 0.182 e. The summed E-state index contributed by atoms with van der Waals surface area (Å²) in [6, 6.07) is 9.47. The predicted molar refractivity (Wildman–Crippen MR) is 78.4 cm³/mol. The zero-order valence-corrected chi connectivity index (χ0v) is 11.8. The molecule has 0 aliphatic heterocycles. The fourth-order valence-corrected chi connectivity index (χ4v) is 2.65. The molecule has 0 bridgehead atoms. The van der Waals surface area contributed by atoms with E-state index in [0.29, 0.717) is 20.5 Å². The number of fused-ring (bicyclic) bond motifs is 1. The highest BCUT2D eigenvalue weighted by Gasteiger charge is 2.11. The monoisotopic (exact) mass is 312 g/mol. The van der Waals surface area contributed by atoms with Gasteiger partial charge in [0.2, 0.25) is 0 Å². The van der Waals surface area contributed by atoms with Gasteiger partial charge in [0.25, 0.3) is 0 Å². The fraction of sp³-hybridized carbons (Fsp3) is 0. The minimum absolute atomic E-state index is 0.377. The SMILES string of the molecule is Fc1ccc(Cl)c(-n2c(=S)[nH]c3ccc(Cl)cc32)c1. The molecular weight excluding hydrogens is 306 g/mol. The predicted octanol–water partition coefficient (Wildman–Crippen LogP) is 5.13. The topological polar surface area (TPSA) is 20.7 Å². The summed E-state index contributed by atoms with van der Waals surface area (Å²) in [6.07, 6.45) is 0. The van der Waals surface area contributed by atoms with Crippen molar-refractivity contribution in [2.24, 2.45) is 0 Å². The standard InChI is InChI=1S/C13H7Cl2FN2S/c14-7-1-4-10-12(5-7)18(13(19)17-10)11-6-8(16)2-3-9(11)15/h1-6H,(H,17,19). The third kappa shape index (κ3) is 2.16. The van der Waals surface area contributed by atoms with Gasteiger partial charge in [-0.15, -0.1) is 0 Å². The van der Waals surface area contributed by atoms with Crippen LogP contribution in [0.2, 0.25) is 10.0 Å². The number of hydrogen-bond acceptors (Lipinski definition) is 1. The number of nitrogens with one attached hydrogen (secondary N) is 1. The van der Waals surface area contributed by atoms with E-state index in [1.165, 1.54) is 18.2 Å². The summed E-state index contributed by atoms with van der Waals surface area (Å²) in [4.78, 5) is 3.04. The Kier molecular flexibility index (Phi) is 3.09. The van der Waals surface area contributed by atoms with Gasteiger partial charge in [-0.05, 0) is 48.6 Å². The minimum Gasteiger partial charge on any atom is -0.330 e. The van der Waals surface area contributed by atoms with Crippen molar-refractivity contribution in [3.05, 3.63) is 57.0 Å². The van der Waals surface area contributed by atoms with E-state index < -0.39 is 0 Å². The van der Waals surface area contributed by atoms with Gasteiger partial charge in [-0.3, -0.25) is 4.57 Å².